The fraction of sp³-hybridized carbons (Fsp3) is 0.562. The Morgan fingerprint density at radius 2 is 2.09 bits per heavy atom. The van der Waals surface area contributed by atoms with Crippen molar-refractivity contribution in [1.82, 2.24) is 19.9 Å². The summed E-state index contributed by atoms with van der Waals surface area (Å²) in [7, 11) is 1.71. The Labute approximate surface area is 140 Å². The van der Waals surface area contributed by atoms with Crippen LogP contribution in [-0.2, 0) is 7.05 Å². The average Bonchev–Trinajstić information content (AvgIpc) is 2.57. The fourth-order valence-electron chi connectivity index (χ4n) is 3.15. The first-order chi connectivity index (χ1) is 11.0. The number of fused-ring (bicyclic) bond motifs is 1. The Kier molecular flexibility index (Phi) is 4.55. The van der Waals surface area contributed by atoms with Crippen LogP contribution in [0.25, 0.3) is 11.0 Å². The standard InChI is InChI=1S/C16H22ClN5O/c1-4-10-9-22(11(5-2)8-18-10)15-14-12(6-7-13(17)19-14)21(3)16(23)20-15/h6-7,10-11,18H,4-5,8-9H2,1-3H3/t10?,11-/m0/s1. The highest BCUT2D eigenvalue weighted by Crippen LogP contribution is 2.27. The molecule has 7 heteroatoms. The van der Waals surface area contributed by atoms with E-state index in [1.165, 1.54) is 4.57 Å². The van der Waals surface area contributed by atoms with Crippen LogP contribution in [0.15, 0.2) is 16.9 Å². The number of pyridine rings is 1. The summed E-state index contributed by atoms with van der Waals surface area (Å²) in [6.07, 6.45) is 2.01. The van der Waals surface area contributed by atoms with Gasteiger partial charge in [0.2, 0.25) is 0 Å². The van der Waals surface area contributed by atoms with Crippen LogP contribution >= 0.6 is 11.6 Å². The lowest BCUT2D eigenvalue weighted by Crippen LogP contribution is -2.57. The number of hydrogen-bond donors (Lipinski definition) is 1. The van der Waals surface area contributed by atoms with Gasteiger partial charge in [-0.15, -0.1) is 0 Å². The molecule has 23 heavy (non-hydrogen) atoms. The zero-order valence-corrected chi connectivity index (χ0v) is 14.5. The van der Waals surface area contributed by atoms with Gasteiger partial charge in [-0.2, -0.15) is 4.98 Å². The predicted molar refractivity (Wildman–Crippen MR) is 93.3 cm³/mol. The largest absolute Gasteiger partial charge is 0.349 e. The van der Waals surface area contributed by atoms with Gasteiger partial charge in [0.05, 0.1) is 5.52 Å². The quantitative estimate of drug-likeness (QED) is 0.869. The Morgan fingerprint density at radius 1 is 1.30 bits per heavy atom. The summed E-state index contributed by atoms with van der Waals surface area (Å²) in [6.45, 7) is 6.01. The second kappa shape index (κ2) is 6.45. The van der Waals surface area contributed by atoms with E-state index in [2.05, 4.69) is 34.0 Å². The smallest absolute Gasteiger partial charge is 0.349 e. The minimum absolute atomic E-state index is 0.266. The molecular weight excluding hydrogens is 314 g/mol. The molecule has 0 bridgehead atoms. The lowest BCUT2D eigenvalue weighted by molar-refractivity contribution is 0.377. The van der Waals surface area contributed by atoms with Crippen LogP contribution in [0.5, 0.6) is 0 Å². The van der Waals surface area contributed by atoms with E-state index >= 15 is 0 Å². The van der Waals surface area contributed by atoms with Crippen molar-refractivity contribution in [3.8, 4) is 0 Å². The Hall–Kier alpha value is -1.66. The zero-order chi connectivity index (χ0) is 16.6. The van der Waals surface area contributed by atoms with Gasteiger partial charge in [-0.25, -0.2) is 9.78 Å². The number of aromatic nitrogens is 3. The topological polar surface area (TPSA) is 63.1 Å². The van der Waals surface area contributed by atoms with Gasteiger partial charge in [0.1, 0.15) is 10.7 Å². The number of nitrogens with one attached hydrogen (secondary N) is 1. The summed E-state index contributed by atoms with van der Waals surface area (Å²) in [4.78, 5) is 23.3. The van der Waals surface area contributed by atoms with Gasteiger partial charge in [-0.05, 0) is 25.0 Å². The van der Waals surface area contributed by atoms with Gasteiger partial charge in [0, 0.05) is 32.2 Å². The van der Waals surface area contributed by atoms with E-state index in [1.807, 2.05) is 6.07 Å². The van der Waals surface area contributed by atoms with Crippen LogP contribution in [0.3, 0.4) is 0 Å². The second-order valence-electron chi connectivity index (χ2n) is 6.01. The SMILES string of the molecule is CCC1CN(c2nc(=O)n(C)c3ccc(Cl)nc23)[C@@H](CC)CN1. The van der Waals surface area contributed by atoms with Crippen molar-refractivity contribution in [1.29, 1.82) is 0 Å². The fourth-order valence-corrected chi connectivity index (χ4v) is 3.29. The zero-order valence-electron chi connectivity index (χ0n) is 13.7. The molecular formula is C16H22ClN5O. The lowest BCUT2D eigenvalue weighted by atomic mass is 10.0. The molecule has 2 atom stereocenters. The molecule has 2 aromatic heterocycles. The molecule has 1 N–H and O–H groups in total. The Morgan fingerprint density at radius 3 is 2.78 bits per heavy atom. The number of anilines is 1. The van der Waals surface area contributed by atoms with Crippen molar-refractivity contribution in [3.63, 3.8) is 0 Å². The maximum atomic E-state index is 12.3. The van der Waals surface area contributed by atoms with E-state index in [0.29, 0.717) is 28.6 Å². The molecule has 0 aromatic carbocycles. The van der Waals surface area contributed by atoms with Gasteiger partial charge < -0.3 is 10.2 Å². The normalized spacial score (nSPS) is 21.8. The van der Waals surface area contributed by atoms with Gasteiger partial charge in [-0.3, -0.25) is 4.57 Å². The van der Waals surface area contributed by atoms with Crippen molar-refractivity contribution >= 4 is 28.5 Å². The molecule has 1 fully saturated rings. The van der Waals surface area contributed by atoms with Crippen LogP contribution in [-0.4, -0.2) is 39.7 Å². The van der Waals surface area contributed by atoms with Crippen molar-refractivity contribution in [2.45, 2.75) is 38.8 Å². The van der Waals surface area contributed by atoms with Crippen LogP contribution in [0, 0.1) is 0 Å². The Bertz CT molecular complexity index is 775. The van der Waals surface area contributed by atoms with E-state index in [9.17, 15) is 4.79 Å². The first kappa shape index (κ1) is 16.2. The van der Waals surface area contributed by atoms with Crippen LogP contribution in [0.4, 0.5) is 5.82 Å². The van der Waals surface area contributed by atoms with Crippen molar-refractivity contribution in [3.05, 3.63) is 27.8 Å². The molecule has 1 aliphatic rings. The first-order valence-corrected chi connectivity index (χ1v) is 8.46. The molecule has 0 aliphatic carbocycles. The summed E-state index contributed by atoms with van der Waals surface area (Å²) >= 11 is 6.09. The molecule has 0 spiro atoms. The van der Waals surface area contributed by atoms with E-state index in [-0.39, 0.29) is 5.69 Å². The molecule has 3 rings (SSSR count). The van der Waals surface area contributed by atoms with E-state index in [0.717, 1.165) is 31.4 Å². The Balaban J connectivity index is 2.19. The van der Waals surface area contributed by atoms with Crippen molar-refractivity contribution < 1.29 is 0 Å². The van der Waals surface area contributed by atoms with Gasteiger partial charge >= 0.3 is 5.69 Å². The molecule has 2 aromatic rings. The highest BCUT2D eigenvalue weighted by Gasteiger charge is 2.29. The molecule has 1 unspecified atom stereocenters. The third-order valence-corrected chi connectivity index (χ3v) is 4.85. The van der Waals surface area contributed by atoms with E-state index in [1.54, 1.807) is 13.1 Å². The summed E-state index contributed by atoms with van der Waals surface area (Å²) < 4.78 is 1.52. The van der Waals surface area contributed by atoms with Crippen LogP contribution in [0.1, 0.15) is 26.7 Å². The molecule has 1 aliphatic heterocycles. The molecule has 0 amide bonds. The van der Waals surface area contributed by atoms with Crippen LogP contribution in [0.2, 0.25) is 5.15 Å². The predicted octanol–water partition coefficient (Wildman–Crippen LogP) is 1.95. The number of piperazine rings is 1. The van der Waals surface area contributed by atoms with Gasteiger partial charge in [0.15, 0.2) is 5.82 Å². The summed E-state index contributed by atoms with van der Waals surface area (Å²) in [5.74, 6) is 0.650. The van der Waals surface area contributed by atoms with Crippen molar-refractivity contribution in [2.24, 2.45) is 7.05 Å². The summed E-state index contributed by atoms with van der Waals surface area (Å²) in [5, 5.41) is 3.97. The minimum atomic E-state index is -0.266. The van der Waals surface area contributed by atoms with Crippen molar-refractivity contribution in [2.75, 3.05) is 18.0 Å². The first-order valence-electron chi connectivity index (χ1n) is 8.08. The number of nitrogens with zero attached hydrogens (tertiary/aromatic N) is 4. The average molecular weight is 336 g/mol. The summed E-state index contributed by atoms with van der Waals surface area (Å²) in [6, 6.07) is 4.22. The van der Waals surface area contributed by atoms with E-state index in [4.69, 9.17) is 11.6 Å². The monoisotopic (exact) mass is 335 g/mol. The number of rotatable bonds is 3. The second-order valence-corrected chi connectivity index (χ2v) is 6.39. The molecule has 0 saturated carbocycles. The number of hydrogen-bond acceptors (Lipinski definition) is 5. The highest BCUT2D eigenvalue weighted by molar-refractivity contribution is 6.29. The third kappa shape index (κ3) is 2.93. The molecule has 124 valence electrons. The van der Waals surface area contributed by atoms with Gasteiger partial charge in [-0.1, -0.05) is 25.4 Å². The molecule has 1 saturated heterocycles. The van der Waals surface area contributed by atoms with E-state index < -0.39 is 0 Å². The van der Waals surface area contributed by atoms with Gasteiger partial charge in [0.25, 0.3) is 0 Å². The summed E-state index contributed by atoms with van der Waals surface area (Å²) in [5.41, 5.74) is 1.18. The molecule has 0 radical (unpaired) electrons. The maximum Gasteiger partial charge on any atom is 0.349 e. The highest BCUT2D eigenvalue weighted by atomic mass is 35.5. The molecule has 6 nitrogen and oxygen atoms in total. The number of halogens is 1. The maximum absolute atomic E-state index is 12.3. The number of aryl methyl sites for hydroxylation is 1. The molecule has 3 heterocycles. The minimum Gasteiger partial charge on any atom is -0.349 e. The third-order valence-electron chi connectivity index (χ3n) is 4.64. The van der Waals surface area contributed by atoms with Crippen LogP contribution < -0.4 is 15.9 Å². The lowest BCUT2D eigenvalue weighted by Gasteiger charge is -2.40.